The summed E-state index contributed by atoms with van der Waals surface area (Å²) in [5, 5.41) is 10.8. The van der Waals surface area contributed by atoms with Gasteiger partial charge in [-0.15, -0.1) is 0 Å². The van der Waals surface area contributed by atoms with E-state index in [2.05, 4.69) is 12.1 Å². The van der Waals surface area contributed by atoms with Crippen LogP contribution in [0.25, 0.3) is 0 Å². The van der Waals surface area contributed by atoms with E-state index in [1.807, 2.05) is 6.07 Å². The summed E-state index contributed by atoms with van der Waals surface area (Å²) in [5.41, 5.74) is 3.19. The molecule has 0 aliphatic heterocycles. The molecule has 1 N–H and O–H groups in total. The summed E-state index contributed by atoms with van der Waals surface area (Å²) in [6, 6.07) is 6.75. The summed E-state index contributed by atoms with van der Waals surface area (Å²) >= 11 is 0. The molecule has 1 aromatic rings. The summed E-state index contributed by atoms with van der Waals surface area (Å²) in [5.74, 6) is 4.15. The first-order valence-corrected chi connectivity index (χ1v) is 11.1. The Hall–Kier alpha value is -0.980. The highest BCUT2D eigenvalue weighted by Crippen LogP contribution is 2.62. The molecule has 0 saturated heterocycles. The third kappa shape index (κ3) is 2.92. The molecule has 1 nitrogen and oxygen atoms in total. The molecule has 0 radical (unpaired) electrons. The van der Waals surface area contributed by atoms with Crippen LogP contribution >= 0.6 is 0 Å². The van der Waals surface area contributed by atoms with Gasteiger partial charge in [-0.2, -0.15) is 0 Å². The second-order valence-electron chi connectivity index (χ2n) is 10.0. The van der Waals surface area contributed by atoms with Gasteiger partial charge in [0.25, 0.3) is 0 Å². The molecule has 4 bridgehead atoms. The van der Waals surface area contributed by atoms with Crippen LogP contribution in [0.2, 0.25) is 0 Å². The summed E-state index contributed by atoms with van der Waals surface area (Å²) < 4.78 is 0. The molecule has 25 heavy (non-hydrogen) atoms. The minimum atomic E-state index is 0.316. The first kappa shape index (κ1) is 16.2. The van der Waals surface area contributed by atoms with Gasteiger partial charge in [-0.05, 0) is 92.1 Å². The summed E-state index contributed by atoms with van der Waals surface area (Å²) in [6.45, 7) is 0. The van der Waals surface area contributed by atoms with Crippen molar-refractivity contribution in [3.63, 3.8) is 0 Å². The molecule has 0 heterocycles. The highest BCUT2D eigenvalue weighted by molar-refractivity contribution is 5.44. The molecule has 1 heteroatoms. The Morgan fingerprint density at radius 1 is 0.760 bits per heavy atom. The molecular weight excluding hydrogens is 304 g/mol. The SMILES string of the molecule is Oc1ccc(C2CCCCCCC2)cc1C12CC3CC(CC(C3)C1)C2. The van der Waals surface area contributed by atoms with E-state index < -0.39 is 0 Å². The molecule has 6 rings (SSSR count). The van der Waals surface area contributed by atoms with E-state index in [1.54, 1.807) is 0 Å². The Labute approximate surface area is 153 Å². The lowest BCUT2D eigenvalue weighted by Crippen LogP contribution is -2.48. The van der Waals surface area contributed by atoms with E-state index in [0.717, 1.165) is 23.7 Å². The van der Waals surface area contributed by atoms with E-state index in [-0.39, 0.29) is 0 Å². The highest BCUT2D eigenvalue weighted by atomic mass is 16.3. The van der Waals surface area contributed by atoms with Gasteiger partial charge in [-0.3, -0.25) is 0 Å². The Balaban J connectivity index is 1.47. The molecular formula is C24H34O. The lowest BCUT2D eigenvalue weighted by atomic mass is 9.48. The van der Waals surface area contributed by atoms with Crippen LogP contribution in [0, 0.1) is 17.8 Å². The second kappa shape index (κ2) is 6.32. The number of phenolic OH excluding ortho intramolecular Hbond substituents is 1. The summed E-state index contributed by atoms with van der Waals surface area (Å²) in [6.07, 6.45) is 18.2. The maximum Gasteiger partial charge on any atom is 0.119 e. The lowest BCUT2D eigenvalue weighted by molar-refractivity contribution is -0.00618. The standard InChI is InChI=1S/C24H34O/c25-23-9-8-21(20-6-4-2-1-3-5-7-20)13-22(23)24-14-17-10-18(15-24)12-19(11-17)16-24/h8-9,13,17-20,25H,1-7,10-12,14-16H2. The van der Waals surface area contributed by atoms with Crippen LogP contribution in [0.4, 0.5) is 0 Å². The minimum Gasteiger partial charge on any atom is -0.508 e. The van der Waals surface area contributed by atoms with E-state index in [1.165, 1.54) is 94.6 Å². The van der Waals surface area contributed by atoms with Crippen LogP contribution in [-0.4, -0.2) is 5.11 Å². The Bertz CT molecular complexity index is 588. The number of rotatable bonds is 2. The Morgan fingerprint density at radius 3 is 1.92 bits per heavy atom. The fourth-order valence-electron chi connectivity index (χ4n) is 7.46. The highest BCUT2D eigenvalue weighted by Gasteiger charge is 2.52. The molecule has 0 unspecified atom stereocenters. The summed E-state index contributed by atoms with van der Waals surface area (Å²) in [4.78, 5) is 0. The van der Waals surface area contributed by atoms with Crippen molar-refractivity contribution >= 4 is 0 Å². The number of hydrogen-bond acceptors (Lipinski definition) is 1. The van der Waals surface area contributed by atoms with Crippen molar-refractivity contribution in [2.75, 3.05) is 0 Å². The third-order valence-electron chi connectivity index (χ3n) is 8.21. The van der Waals surface area contributed by atoms with Crippen LogP contribution < -0.4 is 0 Å². The van der Waals surface area contributed by atoms with Crippen molar-refractivity contribution in [3.05, 3.63) is 29.3 Å². The number of phenols is 1. The number of benzene rings is 1. The fourth-order valence-corrected chi connectivity index (χ4v) is 7.46. The van der Waals surface area contributed by atoms with Crippen molar-refractivity contribution in [1.82, 2.24) is 0 Å². The van der Waals surface area contributed by atoms with E-state index >= 15 is 0 Å². The summed E-state index contributed by atoms with van der Waals surface area (Å²) in [7, 11) is 0. The molecule has 0 aromatic heterocycles. The maximum atomic E-state index is 10.8. The lowest BCUT2D eigenvalue weighted by Gasteiger charge is -2.57. The van der Waals surface area contributed by atoms with Gasteiger partial charge in [0.15, 0.2) is 0 Å². The normalized spacial score (nSPS) is 38.5. The van der Waals surface area contributed by atoms with Crippen LogP contribution in [0.5, 0.6) is 5.75 Å². The van der Waals surface area contributed by atoms with Crippen molar-refractivity contribution in [3.8, 4) is 5.75 Å². The minimum absolute atomic E-state index is 0.316. The van der Waals surface area contributed by atoms with Crippen LogP contribution in [0.15, 0.2) is 18.2 Å². The van der Waals surface area contributed by atoms with Gasteiger partial charge in [0.05, 0.1) is 0 Å². The molecule has 5 aliphatic carbocycles. The first-order chi connectivity index (χ1) is 12.2. The van der Waals surface area contributed by atoms with Gasteiger partial charge in [0.1, 0.15) is 5.75 Å². The number of aromatic hydroxyl groups is 1. The molecule has 5 fully saturated rings. The molecule has 5 saturated carbocycles. The van der Waals surface area contributed by atoms with Crippen LogP contribution in [-0.2, 0) is 5.41 Å². The van der Waals surface area contributed by atoms with Gasteiger partial charge in [0.2, 0.25) is 0 Å². The second-order valence-corrected chi connectivity index (χ2v) is 10.0. The third-order valence-corrected chi connectivity index (χ3v) is 8.21. The van der Waals surface area contributed by atoms with Crippen molar-refractivity contribution in [2.24, 2.45) is 17.8 Å². The molecule has 0 spiro atoms. The van der Waals surface area contributed by atoms with Gasteiger partial charge >= 0.3 is 0 Å². The Morgan fingerprint density at radius 2 is 1.32 bits per heavy atom. The van der Waals surface area contributed by atoms with E-state index in [4.69, 9.17) is 0 Å². The molecule has 136 valence electrons. The van der Waals surface area contributed by atoms with Gasteiger partial charge in [-0.1, -0.05) is 44.2 Å². The molecule has 1 aromatic carbocycles. The molecule has 0 amide bonds. The number of hydrogen-bond donors (Lipinski definition) is 1. The largest absolute Gasteiger partial charge is 0.508 e. The fraction of sp³-hybridized carbons (Fsp3) is 0.750. The average molecular weight is 339 g/mol. The monoisotopic (exact) mass is 338 g/mol. The van der Waals surface area contributed by atoms with Crippen molar-refractivity contribution < 1.29 is 5.11 Å². The van der Waals surface area contributed by atoms with Gasteiger partial charge < -0.3 is 5.11 Å². The van der Waals surface area contributed by atoms with E-state index in [9.17, 15) is 5.11 Å². The van der Waals surface area contributed by atoms with Crippen LogP contribution in [0.3, 0.4) is 0 Å². The van der Waals surface area contributed by atoms with Crippen molar-refractivity contribution in [2.45, 2.75) is 94.8 Å². The van der Waals surface area contributed by atoms with Crippen molar-refractivity contribution in [1.29, 1.82) is 0 Å². The maximum absolute atomic E-state index is 10.8. The van der Waals surface area contributed by atoms with Gasteiger partial charge in [-0.25, -0.2) is 0 Å². The van der Waals surface area contributed by atoms with Crippen LogP contribution in [0.1, 0.15) is 101 Å². The predicted octanol–water partition coefficient (Wildman–Crippen LogP) is 6.69. The molecule has 5 aliphatic rings. The topological polar surface area (TPSA) is 20.2 Å². The molecule has 0 atom stereocenters. The van der Waals surface area contributed by atoms with E-state index in [0.29, 0.717) is 11.2 Å². The zero-order valence-electron chi connectivity index (χ0n) is 15.7. The quantitative estimate of drug-likeness (QED) is 0.637. The zero-order valence-corrected chi connectivity index (χ0v) is 15.7. The van der Waals surface area contributed by atoms with Gasteiger partial charge in [0, 0.05) is 5.56 Å². The average Bonchev–Trinajstić information content (AvgIpc) is 2.54. The smallest absolute Gasteiger partial charge is 0.119 e. The predicted molar refractivity (Wildman–Crippen MR) is 103 cm³/mol. The zero-order chi connectivity index (χ0) is 16.9. The first-order valence-electron chi connectivity index (χ1n) is 11.1. The Kier molecular flexibility index (Phi) is 4.10.